The van der Waals surface area contributed by atoms with Crippen LogP contribution in [0.25, 0.3) is 0 Å². The standard InChI is InChI=1S/C18H20Cl2N2O4/c1-6-22-17(26-11(4)18(24)25-5)13(8-21-22)16(23)12-7-9(2)14(19)10(3)15(12)20/h7-8,11H,6H2,1-5H3. The van der Waals surface area contributed by atoms with Crippen molar-refractivity contribution in [2.24, 2.45) is 0 Å². The second-order valence-corrected chi connectivity index (χ2v) is 6.54. The second-order valence-electron chi connectivity index (χ2n) is 5.79. The van der Waals surface area contributed by atoms with Crippen LogP contribution in [0, 0.1) is 13.8 Å². The third-order valence-corrected chi connectivity index (χ3v) is 5.07. The van der Waals surface area contributed by atoms with Gasteiger partial charge in [0.2, 0.25) is 11.7 Å². The molecule has 0 aliphatic rings. The molecule has 0 N–H and O–H groups in total. The van der Waals surface area contributed by atoms with Crippen molar-refractivity contribution in [2.45, 2.75) is 40.3 Å². The summed E-state index contributed by atoms with van der Waals surface area (Å²) < 4.78 is 11.8. The highest BCUT2D eigenvalue weighted by atomic mass is 35.5. The van der Waals surface area contributed by atoms with E-state index in [0.717, 1.165) is 5.56 Å². The van der Waals surface area contributed by atoms with Crippen molar-refractivity contribution in [3.63, 3.8) is 0 Å². The van der Waals surface area contributed by atoms with Gasteiger partial charge >= 0.3 is 5.97 Å². The van der Waals surface area contributed by atoms with E-state index >= 15 is 0 Å². The predicted octanol–water partition coefficient (Wildman–Crippen LogP) is 4.00. The van der Waals surface area contributed by atoms with Gasteiger partial charge in [-0.05, 0) is 44.9 Å². The van der Waals surface area contributed by atoms with Gasteiger partial charge in [-0.2, -0.15) is 5.10 Å². The molecule has 1 heterocycles. The van der Waals surface area contributed by atoms with Crippen LogP contribution in [0.3, 0.4) is 0 Å². The van der Waals surface area contributed by atoms with Crippen molar-refractivity contribution in [3.8, 4) is 5.88 Å². The number of rotatable bonds is 6. The maximum Gasteiger partial charge on any atom is 0.346 e. The predicted molar refractivity (Wildman–Crippen MR) is 99.4 cm³/mol. The molecule has 140 valence electrons. The number of carbonyl (C=O) groups is 2. The highest BCUT2D eigenvalue weighted by molar-refractivity contribution is 6.39. The van der Waals surface area contributed by atoms with E-state index in [1.807, 2.05) is 6.92 Å². The Kier molecular flexibility index (Phi) is 6.31. The number of halogens is 2. The van der Waals surface area contributed by atoms with Gasteiger partial charge < -0.3 is 9.47 Å². The molecule has 0 bridgehead atoms. The summed E-state index contributed by atoms with van der Waals surface area (Å²) in [4.78, 5) is 24.7. The topological polar surface area (TPSA) is 70.4 Å². The average molecular weight is 399 g/mol. The molecule has 0 aliphatic heterocycles. The van der Waals surface area contributed by atoms with E-state index in [2.05, 4.69) is 9.84 Å². The lowest BCUT2D eigenvalue weighted by Crippen LogP contribution is -2.26. The van der Waals surface area contributed by atoms with Crippen molar-refractivity contribution in [2.75, 3.05) is 7.11 Å². The molecule has 0 saturated heterocycles. The number of nitrogens with zero attached hydrogens (tertiary/aromatic N) is 2. The van der Waals surface area contributed by atoms with Gasteiger partial charge in [0.05, 0.1) is 18.3 Å². The summed E-state index contributed by atoms with van der Waals surface area (Å²) in [6.45, 7) is 7.40. The molecule has 2 rings (SSSR count). The summed E-state index contributed by atoms with van der Waals surface area (Å²) in [5.41, 5.74) is 1.89. The lowest BCUT2D eigenvalue weighted by Gasteiger charge is -2.15. The van der Waals surface area contributed by atoms with Crippen molar-refractivity contribution in [1.29, 1.82) is 0 Å². The van der Waals surface area contributed by atoms with Crippen LogP contribution in [0.5, 0.6) is 5.88 Å². The summed E-state index contributed by atoms with van der Waals surface area (Å²) in [7, 11) is 1.27. The van der Waals surface area contributed by atoms with Crippen LogP contribution in [0.15, 0.2) is 12.3 Å². The summed E-state index contributed by atoms with van der Waals surface area (Å²) in [6.07, 6.45) is 0.513. The first-order valence-electron chi connectivity index (χ1n) is 8.03. The number of methoxy groups -OCH3 is 1. The average Bonchev–Trinajstić information content (AvgIpc) is 3.04. The molecule has 1 atom stereocenters. The molecule has 1 aromatic heterocycles. The number of ether oxygens (including phenoxy) is 2. The van der Waals surface area contributed by atoms with Gasteiger partial charge in [0.1, 0.15) is 5.56 Å². The zero-order valence-corrected chi connectivity index (χ0v) is 16.7. The fourth-order valence-electron chi connectivity index (χ4n) is 2.51. The Bertz CT molecular complexity index is 861. The summed E-state index contributed by atoms with van der Waals surface area (Å²) in [6, 6.07) is 1.64. The van der Waals surface area contributed by atoms with Crippen LogP contribution < -0.4 is 4.74 Å². The van der Waals surface area contributed by atoms with Crippen LogP contribution in [-0.4, -0.2) is 34.7 Å². The van der Waals surface area contributed by atoms with E-state index in [-0.39, 0.29) is 22.2 Å². The third kappa shape index (κ3) is 3.71. The third-order valence-electron chi connectivity index (χ3n) is 4.00. The Morgan fingerprint density at radius 1 is 1.23 bits per heavy atom. The van der Waals surface area contributed by atoms with Gasteiger partial charge in [0.25, 0.3) is 0 Å². The Balaban J connectivity index is 2.51. The van der Waals surface area contributed by atoms with Crippen molar-refractivity contribution < 1.29 is 19.1 Å². The maximum atomic E-state index is 13.1. The molecular weight excluding hydrogens is 379 g/mol. The molecule has 2 aromatic rings. The molecule has 6 nitrogen and oxygen atoms in total. The first kappa shape index (κ1) is 20.3. The molecular formula is C18H20Cl2N2O4. The molecule has 0 aliphatic carbocycles. The Hall–Kier alpha value is -2.05. The van der Waals surface area contributed by atoms with Crippen LogP contribution >= 0.6 is 23.2 Å². The van der Waals surface area contributed by atoms with E-state index in [1.165, 1.54) is 24.9 Å². The van der Waals surface area contributed by atoms with E-state index in [0.29, 0.717) is 22.7 Å². The number of benzene rings is 1. The first-order valence-corrected chi connectivity index (χ1v) is 8.78. The highest BCUT2D eigenvalue weighted by Gasteiger charge is 2.26. The Morgan fingerprint density at radius 2 is 1.88 bits per heavy atom. The second kappa shape index (κ2) is 8.10. The quantitative estimate of drug-likeness (QED) is 0.543. The lowest BCUT2D eigenvalue weighted by atomic mass is 10.0. The van der Waals surface area contributed by atoms with E-state index in [9.17, 15) is 9.59 Å². The van der Waals surface area contributed by atoms with Crippen LogP contribution in [0.2, 0.25) is 10.0 Å². The van der Waals surface area contributed by atoms with E-state index in [4.69, 9.17) is 27.9 Å². The number of aryl methyl sites for hydroxylation is 2. The van der Waals surface area contributed by atoms with Crippen LogP contribution in [-0.2, 0) is 16.1 Å². The smallest absolute Gasteiger partial charge is 0.346 e. The van der Waals surface area contributed by atoms with Gasteiger partial charge in [-0.1, -0.05) is 23.2 Å². The summed E-state index contributed by atoms with van der Waals surface area (Å²) in [5, 5.41) is 4.96. The minimum Gasteiger partial charge on any atom is -0.466 e. The zero-order chi connectivity index (χ0) is 19.6. The molecule has 0 spiro atoms. The first-order chi connectivity index (χ1) is 12.2. The van der Waals surface area contributed by atoms with Crippen molar-refractivity contribution in [3.05, 3.63) is 44.6 Å². The maximum absolute atomic E-state index is 13.1. The normalized spacial score (nSPS) is 12.0. The number of aromatic nitrogens is 2. The Morgan fingerprint density at radius 3 is 2.46 bits per heavy atom. The van der Waals surface area contributed by atoms with Crippen LogP contribution in [0.4, 0.5) is 0 Å². The highest BCUT2D eigenvalue weighted by Crippen LogP contribution is 2.33. The SMILES string of the molecule is CCn1ncc(C(=O)c2cc(C)c(Cl)c(C)c2Cl)c1OC(C)C(=O)OC. The van der Waals surface area contributed by atoms with Gasteiger partial charge in [0.15, 0.2) is 6.10 Å². The number of ketones is 1. The lowest BCUT2D eigenvalue weighted by molar-refractivity contribution is -0.148. The molecule has 0 radical (unpaired) electrons. The van der Waals surface area contributed by atoms with E-state index < -0.39 is 12.1 Å². The molecule has 8 heteroatoms. The minimum absolute atomic E-state index is 0.191. The van der Waals surface area contributed by atoms with Gasteiger partial charge in [-0.15, -0.1) is 0 Å². The molecule has 1 unspecified atom stereocenters. The number of carbonyl (C=O) groups excluding carboxylic acids is 2. The summed E-state index contributed by atoms with van der Waals surface area (Å²) in [5.74, 6) is -0.718. The Labute approximate surface area is 162 Å². The van der Waals surface area contributed by atoms with Gasteiger partial charge in [-0.25, -0.2) is 9.48 Å². The largest absolute Gasteiger partial charge is 0.466 e. The molecule has 26 heavy (non-hydrogen) atoms. The number of hydrogen-bond donors (Lipinski definition) is 0. The summed E-state index contributed by atoms with van der Waals surface area (Å²) >= 11 is 12.5. The fraction of sp³-hybridized carbons (Fsp3) is 0.389. The minimum atomic E-state index is -0.891. The molecule has 0 amide bonds. The van der Waals surface area contributed by atoms with Gasteiger partial charge in [0, 0.05) is 17.1 Å². The number of esters is 1. The fourth-order valence-corrected chi connectivity index (χ4v) is 2.94. The van der Waals surface area contributed by atoms with Crippen molar-refractivity contribution in [1.82, 2.24) is 9.78 Å². The molecule has 0 saturated carbocycles. The molecule has 1 aromatic carbocycles. The number of hydrogen-bond acceptors (Lipinski definition) is 5. The van der Waals surface area contributed by atoms with E-state index in [1.54, 1.807) is 19.9 Å². The van der Waals surface area contributed by atoms with Gasteiger partial charge in [-0.3, -0.25) is 4.79 Å². The zero-order valence-electron chi connectivity index (χ0n) is 15.2. The van der Waals surface area contributed by atoms with Crippen LogP contribution in [0.1, 0.15) is 40.9 Å². The molecule has 0 fully saturated rings. The monoisotopic (exact) mass is 398 g/mol. The van der Waals surface area contributed by atoms with Crippen molar-refractivity contribution >= 4 is 35.0 Å².